The maximum atomic E-state index is 12.5. The minimum absolute atomic E-state index is 0. The van der Waals surface area contributed by atoms with E-state index in [2.05, 4.69) is 60.2 Å². The third kappa shape index (κ3) is 10.9. The summed E-state index contributed by atoms with van der Waals surface area (Å²) in [5, 5.41) is 30.0. The summed E-state index contributed by atoms with van der Waals surface area (Å²) in [5.41, 5.74) is 5.32. The summed E-state index contributed by atoms with van der Waals surface area (Å²) in [6, 6.07) is 9.07. The van der Waals surface area contributed by atoms with E-state index >= 15 is 0 Å². The number of phenolic OH excluding ortho intramolecular Hbond substituents is 1. The number of anilines is 2. The fraction of sp³-hybridized carbons (Fsp3) is 0.150. The summed E-state index contributed by atoms with van der Waals surface area (Å²) in [6.45, 7) is 18.0. The van der Waals surface area contributed by atoms with Gasteiger partial charge in [-0.15, -0.1) is 32.6 Å². The number of ether oxygens (including phenoxy) is 2. The number of nitrogens with zero attached hydrogens (tertiary/aromatic N) is 8. The van der Waals surface area contributed by atoms with Gasteiger partial charge in [0, 0.05) is 28.6 Å². The summed E-state index contributed by atoms with van der Waals surface area (Å²) in [5.74, 6) is 1.28. The average molecular weight is 927 g/mol. The van der Waals surface area contributed by atoms with Crippen molar-refractivity contribution in [3.8, 4) is 23.0 Å². The molecular formula is C40H31N12NaO6S4. The molecule has 8 aromatic rings. The molecule has 0 spiro atoms. The van der Waals surface area contributed by atoms with Crippen molar-refractivity contribution < 1.29 is 58.8 Å². The average Bonchev–Trinajstić information content (AvgIpc) is 4.10. The second-order valence-corrected chi connectivity index (χ2v) is 16.9. The van der Waals surface area contributed by atoms with Gasteiger partial charge in [0.05, 0.1) is 49.2 Å². The Balaban J connectivity index is 0.000000206. The van der Waals surface area contributed by atoms with Crippen LogP contribution in [0.2, 0.25) is 0 Å². The van der Waals surface area contributed by atoms with Crippen molar-refractivity contribution in [3.63, 3.8) is 0 Å². The van der Waals surface area contributed by atoms with Crippen LogP contribution in [0.3, 0.4) is 0 Å². The van der Waals surface area contributed by atoms with Crippen molar-refractivity contribution >= 4 is 103 Å². The maximum absolute atomic E-state index is 12.5. The zero-order chi connectivity index (χ0) is 43.9. The van der Waals surface area contributed by atoms with E-state index < -0.39 is 0 Å². The summed E-state index contributed by atoms with van der Waals surface area (Å²) >= 11 is 5.45. The number of phenols is 1. The van der Waals surface area contributed by atoms with Gasteiger partial charge >= 0.3 is 29.6 Å². The number of hydrogen-bond donors (Lipinski definition) is 5. The Kier molecular flexibility index (Phi) is 15.2. The molecule has 0 saturated carbocycles. The van der Waals surface area contributed by atoms with Gasteiger partial charge in [0.25, 0.3) is 23.5 Å². The third-order valence-corrected chi connectivity index (χ3v) is 12.8. The molecule has 2 amide bonds. The van der Waals surface area contributed by atoms with Crippen LogP contribution in [0.4, 0.5) is 23.0 Å². The minimum Gasteiger partial charge on any atom is -0.870 e. The first-order valence-corrected chi connectivity index (χ1v) is 21.5. The van der Waals surface area contributed by atoms with Crippen molar-refractivity contribution in [1.82, 2.24) is 39.9 Å². The molecule has 312 valence electrons. The number of carbonyl (C=O) groups is 2. The molecule has 0 saturated heterocycles. The Labute approximate surface area is 397 Å². The first-order valence-electron chi connectivity index (χ1n) is 17.9. The molecule has 8 rings (SSSR count). The molecule has 5 N–H and O–H groups in total. The van der Waals surface area contributed by atoms with E-state index in [0.29, 0.717) is 60.3 Å². The number of imidazole rings is 2. The van der Waals surface area contributed by atoms with Crippen LogP contribution in [0.15, 0.2) is 71.5 Å². The molecule has 23 heteroatoms. The van der Waals surface area contributed by atoms with Crippen molar-refractivity contribution in [2.45, 2.75) is 35.7 Å². The molecule has 2 aromatic carbocycles. The largest absolute Gasteiger partial charge is 1.00 e. The molecule has 6 aromatic heterocycles. The van der Waals surface area contributed by atoms with Gasteiger partial charge < -0.3 is 50.0 Å². The molecule has 0 atom stereocenters. The van der Waals surface area contributed by atoms with Crippen LogP contribution in [0, 0.1) is 27.0 Å². The van der Waals surface area contributed by atoms with E-state index in [1.807, 2.05) is 13.8 Å². The van der Waals surface area contributed by atoms with Gasteiger partial charge in [-0.3, -0.25) is 9.59 Å². The quantitative estimate of drug-likeness (QED) is 0.0583. The summed E-state index contributed by atoms with van der Waals surface area (Å²) in [4.78, 5) is 64.9. The van der Waals surface area contributed by atoms with E-state index in [1.165, 1.54) is 91.0 Å². The zero-order valence-corrected chi connectivity index (χ0v) is 39.2. The van der Waals surface area contributed by atoms with Crippen molar-refractivity contribution in [1.29, 1.82) is 0 Å². The Bertz CT molecular complexity index is 2860. The monoisotopic (exact) mass is 926 g/mol. The molecule has 6 heterocycles. The van der Waals surface area contributed by atoms with Gasteiger partial charge in [0.1, 0.15) is 48.9 Å². The van der Waals surface area contributed by atoms with Gasteiger partial charge in [-0.25, -0.2) is 19.9 Å². The number of nitrogens with one attached hydrogen (secondary N) is 4. The van der Waals surface area contributed by atoms with Crippen LogP contribution in [-0.4, -0.2) is 71.0 Å². The number of amides is 2. The number of thioether (sulfide) groups is 2. The number of pyridine rings is 2. The predicted octanol–water partition coefficient (Wildman–Crippen LogP) is 5.44. The van der Waals surface area contributed by atoms with Crippen molar-refractivity contribution in [2.75, 3.05) is 24.9 Å². The van der Waals surface area contributed by atoms with E-state index in [9.17, 15) is 19.8 Å². The third-order valence-electron chi connectivity index (χ3n) is 8.72. The minimum atomic E-state index is -0.338. The first-order chi connectivity index (χ1) is 30.0. The number of aromatic amines is 2. The molecule has 0 aliphatic rings. The van der Waals surface area contributed by atoms with Gasteiger partial charge in [-0.2, -0.15) is 0 Å². The Morgan fingerprint density at radius 1 is 0.746 bits per heavy atom. The maximum Gasteiger partial charge on any atom is 1.00 e. The molecule has 63 heavy (non-hydrogen) atoms. The number of benzene rings is 2. The standard InChI is InChI=1S/2C20H16N6O3S2.Na/c2*1-10-17-12(7-23-18(10)21-2)25-20(26-17)30-9-16-22-8-15(31-16)19(28)24-11-4-5-14(29-3)13(27)6-11;/h2*4-8,27H,9H2,1,3H3,(H,24,28)(H,25,26);/q;;+1/p-1. The molecule has 0 unspecified atom stereocenters. The van der Waals surface area contributed by atoms with Crippen LogP contribution in [0.25, 0.3) is 31.8 Å². The second-order valence-electron chi connectivity index (χ2n) is 12.7. The van der Waals surface area contributed by atoms with Crippen LogP contribution in [-0.2, 0) is 11.5 Å². The van der Waals surface area contributed by atoms with Crippen molar-refractivity contribution in [3.05, 3.63) is 115 Å². The van der Waals surface area contributed by atoms with E-state index in [1.54, 1.807) is 30.6 Å². The Morgan fingerprint density at radius 3 is 1.63 bits per heavy atom. The first kappa shape index (κ1) is 46.3. The van der Waals surface area contributed by atoms with Gasteiger partial charge in [-0.1, -0.05) is 42.4 Å². The number of aromatic hydroxyl groups is 1. The molecular weight excluding hydrogens is 896 g/mol. The van der Waals surface area contributed by atoms with Gasteiger partial charge in [0.2, 0.25) is 0 Å². The van der Waals surface area contributed by atoms with Gasteiger partial charge in [-0.05, 0) is 44.2 Å². The number of fused-ring (bicyclic) bond motifs is 2. The number of methoxy groups -OCH3 is 2. The number of aromatic nitrogens is 8. The Hall–Kier alpha value is -6.24. The number of rotatable bonds is 12. The van der Waals surface area contributed by atoms with E-state index in [-0.39, 0.29) is 58.6 Å². The van der Waals surface area contributed by atoms with Crippen LogP contribution in [0.5, 0.6) is 23.0 Å². The molecule has 18 nitrogen and oxygen atoms in total. The summed E-state index contributed by atoms with van der Waals surface area (Å²) < 4.78 is 9.93. The Morgan fingerprint density at radius 2 is 1.21 bits per heavy atom. The van der Waals surface area contributed by atoms with Gasteiger partial charge in [0.15, 0.2) is 21.8 Å². The van der Waals surface area contributed by atoms with Crippen LogP contribution < -0.4 is 54.8 Å². The molecule has 0 fully saturated rings. The van der Waals surface area contributed by atoms with Crippen LogP contribution >= 0.6 is 46.2 Å². The molecule has 0 bridgehead atoms. The van der Waals surface area contributed by atoms with Crippen LogP contribution in [0.1, 0.15) is 40.5 Å². The zero-order valence-electron chi connectivity index (χ0n) is 33.9. The summed E-state index contributed by atoms with van der Waals surface area (Å²) in [7, 11) is 2.87. The molecule has 0 aliphatic heterocycles. The predicted molar refractivity (Wildman–Crippen MR) is 236 cm³/mol. The molecule has 0 aliphatic carbocycles. The smallest absolute Gasteiger partial charge is 0.870 e. The number of carbonyl (C=O) groups excluding carboxylic acids is 2. The SMILES string of the molecule is [C-]#[N+]c1ncc2[nH]c(SCc3ncc(C(=O)Nc4ccc(OC)c(O)c4)s3)nc2c1C.[C-]#[N+]c1ncc2[nH]c(SCc3ncc(C(=O)Nc4ccc(OC)c([O-])c4)s3)nc2c1C.[Na+]. The second kappa shape index (κ2) is 20.8. The topological polar surface area (TPSA) is 238 Å². The number of aryl methyl sites for hydroxylation is 2. The van der Waals surface area contributed by atoms with Crippen molar-refractivity contribution in [2.24, 2.45) is 0 Å². The number of thiazole rings is 2. The molecule has 0 radical (unpaired) electrons. The summed E-state index contributed by atoms with van der Waals surface area (Å²) in [6.07, 6.45) is 6.24. The number of H-pyrrole nitrogens is 2. The fourth-order valence-electron chi connectivity index (χ4n) is 5.64. The van der Waals surface area contributed by atoms with E-state index in [4.69, 9.17) is 22.6 Å². The normalized spacial score (nSPS) is 10.6. The number of hydrogen-bond acceptors (Lipinski definition) is 16. The fourth-order valence-corrected chi connectivity index (χ4v) is 9.02. The van der Waals surface area contributed by atoms with E-state index in [0.717, 1.165) is 43.2 Å².